The van der Waals surface area contributed by atoms with E-state index in [9.17, 15) is 8.42 Å². The number of halogens is 1. The molecule has 0 spiro atoms. The maximum atomic E-state index is 12.7. The van der Waals surface area contributed by atoms with Crippen LogP contribution in [0, 0.1) is 0 Å². The number of alkyl halides is 1. The minimum Gasteiger partial charge on any atom is -0.375 e. The predicted octanol–water partition coefficient (Wildman–Crippen LogP) is 2.43. The first kappa shape index (κ1) is 13.8. The number of rotatable bonds is 3. The zero-order valence-electron chi connectivity index (χ0n) is 10.4. The third-order valence-electron chi connectivity index (χ3n) is 3.76. The topological polar surface area (TPSA) is 46.6 Å². The van der Waals surface area contributed by atoms with Crippen molar-refractivity contribution in [3.8, 4) is 0 Å². The van der Waals surface area contributed by atoms with Crippen LogP contribution in [0.15, 0.2) is 16.3 Å². The van der Waals surface area contributed by atoms with Crippen molar-refractivity contribution in [2.24, 2.45) is 0 Å². The van der Waals surface area contributed by atoms with E-state index in [2.05, 4.69) is 0 Å². The van der Waals surface area contributed by atoms with E-state index >= 15 is 0 Å². The fraction of sp³-hybridized carbons (Fsp3) is 0.667. The lowest BCUT2D eigenvalue weighted by molar-refractivity contribution is -0.0241. The maximum absolute atomic E-state index is 12.7. The number of hydrogen-bond acceptors (Lipinski definition) is 4. The summed E-state index contributed by atoms with van der Waals surface area (Å²) in [4.78, 5) is 0.886. The molecule has 0 aromatic carbocycles. The van der Waals surface area contributed by atoms with Gasteiger partial charge in [-0.1, -0.05) is 0 Å². The molecular formula is C12H16ClNO3S2. The molecule has 1 aromatic heterocycles. The van der Waals surface area contributed by atoms with E-state index < -0.39 is 10.0 Å². The number of nitrogens with zero attached hydrogens (tertiary/aromatic N) is 1. The first-order chi connectivity index (χ1) is 9.13. The van der Waals surface area contributed by atoms with Gasteiger partial charge < -0.3 is 4.74 Å². The largest absolute Gasteiger partial charge is 0.375 e. The lowest BCUT2D eigenvalue weighted by Crippen LogP contribution is -2.50. The first-order valence-electron chi connectivity index (χ1n) is 6.41. The third kappa shape index (κ3) is 2.45. The van der Waals surface area contributed by atoms with Gasteiger partial charge in [-0.2, -0.15) is 4.31 Å². The van der Waals surface area contributed by atoms with Gasteiger partial charge in [0.25, 0.3) is 10.0 Å². The molecule has 1 saturated carbocycles. The van der Waals surface area contributed by atoms with Crippen LogP contribution in [0.4, 0.5) is 0 Å². The van der Waals surface area contributed by atoms with E-state index in [0.717, 1.165) is 24.1 Å². The number of sulfonamides is 1. The lowest BCUT2D eigenvalue weighted by atomic mass is 10.2. The summed E-state index contributed by atoms with van der Waals surface area (Å²) in [7, 11) is -3.39. The summed E-state index contributed by atoms with van der Waals surface area (Å²) in [6.07, 6.45) is 2.99. The van der Waals surface area contributed by atoms with Crippen molar-refractivity contribution in [3.05, 3.63) is 17.0 Å². The molecule has 1 saturated heterocycles. The predicted molar refractivity (Wildman–Crippen MR) is 75.1 cm³/mol. The van der Waals surface area contributed by atoms with Crippen LogP contribution in [-0.2, 0) is 20.6 Å². The van der Waals surface area contributed by atoms with Gasteiger partial charge in [-0.05, 0) is 31.4 Å². The minimum atomic E-state index is -3.39. The number of ether oxygens (including phenoxy) is 1. The highest BCUT2D eigenvalue weighted by molar-refractivity contribution is 7.91. The van der Waals surface area contributed by atoms with Gasteiger partial charge >= 0.3 is 0 Å². The number of thiophene rings is 1. The maximum Gasteiger partial charge on any atom is 0.252 e. The molecule has 106 valence electrons. The van der Waals surface area contributed by atoms with Gasteiger partial charge in [-0.25, -0.2) is 8.42 Å². The summed E-state index contributed by atoms with van der Waals surface area (Å²) in [5.74, 6) is 0.356. The van der Waals surface area contributed by atoms with Gasteiger partial charge in [0.05, 0.1) is 24.6 Å². The van der Waals surface area contributed by atoms with E-state index in [1.54, 1.807) is 16.4 Å². The molecular weight excluding hydrogens is 306 g/mol. The Labute approximate surface area is 122 Å². The van der Waals surface area contributed by atoms with Crippen molar-refractivity contribution in [2.75, 3.05) is 13.2 Å². The molecule has 7 heteroatoms. The third-order valence-corrected chi connectivity index (χ3v) is 7.69. The van der Waals surface area contributed by atoms with Gasteiger partial charge in [0, 0.05) is 11.4 Å². The first-order valence-corrected chi connectivity index (χ1v) is 9.20. The number of morpholine rings is 1. The molecule has 0 amide bonds. The van der Waals surface area contributed by atoms with Crippen molar-refractivity contribution in [3.63, 3.8) is 0 Å². The van der Waals surface area contributed by atoms with E-state index in [4.69, 9.17) is 16.3 Å². The molecule has 19 heavy (non-hydrogen) atoms. The average Bonchev–Trinajstić information content (AvgIpc) is 3.06. The van der Waals surface area contributed by atoms with E-state index in [0.29, 0.717) is 23.2 Å². The van der Waals surface area contributed by atoms with E-state index in [-0.39, 0.29) is 12.1 Å². The van der Waals surface area contributed by atoms with Crippen LogP contribution in [0.1, 0.15) is 24.1 Å². The van der Waals surface area contributed by atoms with Crippen LogP contribution in [0.25, 0.3) is 0 Å². The van der Waals surface area contributed by atoms with Crippen molar-refractivity contribution in [1.82, 2.24) is 4.31 Å². The van der Waals surface area contributed by atoms with Crippen LogP contribution in [0.3, 0.4) is 0 Å². The summed E-state index contributed by atoms with van der Waals surface area (Å²) in [5.41, 5.74) is 0. The minimum absolute atomic E-state index is 0.0142. The molecule has 0 N–H and O–H groups in total. The second-order valence-electron chi connectivity index (χ2n) is 4.88. The van der Waals surface area contributed by atoms with Crippen LogP contribution < -0.4 is 0 Å². The van der Waals surface area contributed by atoms with E-state index in [1.807, 2.05) is 0 Å². The summed E-state index contributed by atoms with van der Waals surface area (Å²) in [5, 5.41) is 0. The Balaban J connectivity index is 1.90. The molecule has 1 aliphatic carbocycles. The highest BCUT2D eigenvalue weighted by Gasteiger charge is 2.42. The summed E-state index contributed by atoms with van der Waals surface area (Å²) >= 11 is 7.01. The van der Waals surface area contributed by atoms with Gasteiger partial charge in [0.2, 0.25) is 0 Å². The SMILES string of the molecule is O=S(=O)(c1ccc(CCl)s1)N1CCOC2CCCC21. The van der Waals surface area contributed by atoms with E-state index in [1.165, 1.54) is 11.3 Å². The number of hydrogen-bond donors (Lipinski definition) is 0. The second-order valence-corrected chi connectivity index (χ2v) is 8.43. The molecule has 0 radical (unpaired) electrons. The van der Waals surface area contributed by atoms with Gasteiger partial charge in [-0.15, -0.1) is 22.9 Å². The highest BCUT2D eigenvalue weighted by atomic mass is 35.5. The molecule has 2 fully saturated rings. The second kappa shape index (κ2) is 5.33. The fourth-order valence-corrected chi connectivity index (χ4v) is 6.12. The summed E-state index contributed by atoms with van der Waals surface area (Å²) in [6, 6.07) is 3.47. The Morgan fingerprint density at radius 2 is 2.26 bits per heavy atom. The van der Waals surface area contributed by atoms with Crippen molar-refractivity contribution >= 4 is 33.0 Å². The summed E-state index contributed by atoms with van der Waals surface area (Å²) < 4.78 is 33.1. The van der Waals surface area contributed by atoms with Crippen molar-refractivity contribution < 1.29 is 13.2 Å². The Kier molecular flexibility index (Phi) is 3.88. The Morgan fingerprint density at radius 1 is 1.42 bits per heavy atom. The Bertz CT molecular complexity index is 557. The number of fused-ring (bicyclic) bond motifs is 1. The summed E-state index contributed by atoms with van der Waals surface area (Å²) in [6.45, 7) is 0.950. The lowest BCUT2D eigenvalue weighted by Gasteiger charge is -2.36. The molecule has 4 nitrogen and oxygen atoms in total. The normalized spacial score (nSPS) is 28.5. The van der Waals surface area contributed by atoms with Crippen LogP contribution in [-0.4, -0.2) is 38.0 Å². The quantitative estimate of drug-likeness (QED) is 0.803. The molecule has 3 rings (SSSR count). The van der Waals surface area contributed by atoms with Crippen molar-refractivity contribution in [1.29, 1.82) is 0 Å². The molecule has 0 bridgehead atoms. The van der Waals surface area contributed by atoms with Crippen LogP contribution in [0.5, 0.6) is 0 Å². The standard InChI is InChI=1S/C12H16ClNO3S2/c13-8-9-4-5-12(18-9)19(15,16)14-6-7-17-11-3-1-2-10(11)14/h4-5,10-11H,1-3,6-8H2. The van der Waals surface area contributed by atoms with Gasteiger partial charge in [-0.3, -0.25) is 0 Å². The van der Waals surface area contributed by atoms with Gasteiger partial charge in [0.1, 0.15) is 4.21 Å². The monoisotopic (exact) mass is 321 g/mol. The molecule has 1 aliphatic heterocycles. The Morgan fingerprint density at radius 3 is 3.00 bits per heavy atom. The zero-order valence-corrected chi connectivity index (χ0v) is 12.8. The van der Waals surface area contributed by atoms with Crippen LogP contribution >= 0.6 is 22.9 Å². The smallest absolute Gasteiger partial charge is 0.252 e. The molecule has 2 atom stereocenters. The highest BCUT2D eigenvalue weighted by Crippen LogP contribution is 2.35. The van der Waals surface area contributed by atoms with Gasteiger partial charge in [0.15, 0.2) is 0 Å². The van der Waals surface area contributed by atoms with Crippen molar-refractivity contribution in [2.45, 2.75) is 41.5 Å². The van der Waals surface area contributed by atoms with Crippen LogP contribution in [0.2, 0.25) is 0 Å². The molecule has 2 unspecified atom stereocenters. The zero-order chi connectivity index (χ0) is 13.5. The molecule has 2 heterocycles. The molecule has 1 aromatic rings. The molecule has 2 aliphatic rings. The fourth-order valence-electron chi connectivity index (χ4n) is 2.87. The average molecular weight is 322 g/mol. The Hall–Kier alpha value is -0.140.